The molecular weight excluding hydrogens is 324 g/mol. The molecule has 5 atom stereocenters. The fraction of sp³-hybridized carbons (Fsp3) is 0.667. The largest absolute Gasteiger partial charge is 2.00 e. The van der Waals surface area contributed by atoms with Crippen LogP contribution in [0.1, 0.15) is 58.9 Å². The summed E-state index contributed by atoms with van der Waals surface area (Å²) in [5, 5.41) is 20.0. The first-order valence-corrected chi connectivity index (χ1v) is 8.09. The van der Waals surface area contributed by atoms with Crippen LogP contribution in [0.3, 0.4) is 0 Å². The molecule has 0 aliphatic heterocycles. The van der Waals surface area contributed by atoms with Gasteiger partial charge in [0.1, 0.15) is 5.75 Å². The fourth-order valence-corrected chi connectivity index (χ4v) is 5.54. The normalized spacial score (nSPS) is 38.8. The number of aliphatic hydroxyl groups is 1. The molecule has 0 aromatic heterocycles. The van der Waals surface area contributed by atoms with Gasteiger partial charge in [-0.15, -0.1) is 12.4 Å². The molecular formula is C18H27CaClO2. The third kappa shape index (κ3) is 2.73. The number of fused-ring (bicyclic) bond motifs is 5. The molecule has 4 rings (SSSR count). The monoisotopic (exact) mass is 350 g/mol. The molecule has 0 spiro atoms. The fourth-order valence-electron chi connectivity index (χ4n) is 5.54. The molecule has 0 saturated heterocycles. The Labute approximate surface area is 172 Å². The minimum Gasteiger partial charge on any atom is -1.00 e. The summed E-state index contributed by atoms with van der Waals surface area (Å²) < 4.78 is 0. The van der Waals surface area contributed by atoms with Crippen LogP contribution in [0.25, 0.3) is 0 Å². The van der Waals surface area contributed by atoms with Crippen LogP contribution in [0.4, 0.5) is 0 Å². The summed E-state index contributed by atoms with van der Waals surface area (Å²) in [6.07, 6.45) is 6.78. The first-order chi connectivity index (χ1) is 9.59. The van der Waals surface area contributed by atoms with Gasteiger partial charge >= 0.3 is 37.7 Å². The predicted molar refractivity (Wildman–Crippen MR) is 94.0 cm³/mol. The van der Waals surface area contributed by atoms with Gasteiger partial charge in [-0.25, -0.2) is 0 Å². The second kappa shape index (κ2) is 6.80. The molecule has 1 aromatic rings. The van der Waals surface area contributed by atoms with Crippen LogP contribution in [0.5, 0.6) is 5.75 Å². The zero-order chi connectivity index (χ0) is 13.9. The van der Waals surface area contributed by atoms with Crippen LogP contribution in [-0.2, 0) is 6.42 Å². The number of aromatic hydroxyl groups is 1. The van der Waals surface area contributed by atoms with Crippen molar-refractivity contribution < 1.29 is 13.1 Å². The number of aliphatic hydroxyl groups excluding tert-OH is 1. The van der Waals surface area contributed by atoms with Crippen molar-refractivity contribution in [1.29, 1.82) is 0 Å². The zero-order valence-electron chi connectivity index (χ0n) is 15.3. The number of aryl methyl sites for hydroxylation is 1. The zero-order valence-corrected chi connectivity index (χ0v) is 16.3. The van der Waals surface area contributed by atoms with Gasteiger partial charge in [0.05, 0.1) is 6.10 Å². The predicted octanol–water partition coefficient (Wildman–Crippen LogP) is 3.88. The van der Waals surface area contributed by atoms with Gasteiger partial charge in [0.2, 0.25) is 0 Å². The molecule has 1 aromatic carbocycles. The Bertz CT molecular complexity index is 560. The Kier molecular flexibility index (Phi) is 5.83. The van der Waals surface area contributed by atoms with E-state index in [9.17, 15) is 10.2 Å². The van der Waals surface area contributed by atoms with E-state index in [0.717, 1.165) is 25.2 Å². The van der Waals surface area contributed by atoms with E-state index in [1.807, 2.05) is 12.1 Å². The third-order valence-corrected chi connectivity index (χ3v) is 6.66. The minimum atomic E-state index is -0.0883. The third-order valence-electron chi connectivity index (χ3n) is 6.66. The summed E-state index contributed by atoms with van der Waals surface area (Å²) in [4.78, 5) is 0. The summed E-state index contributed by atoms with van der Waals surface area (Å²) in [5.41, 5.74) is 2.99. The Hall–Kier alpha value is 0.530. The van der Waals surface area contributed by atoms with Gasteiger partial charge in [0.25, 0.3) is 0 Å². The van der Waals surface area contributed by atoms with Gasteiger partial charge in [0.15, 0.2) is 0 Å². The van der Waals surface area contributed by atoms with E-state index in [4.69, 9.17) is 0 Å². The van der Waals surface area contributed by atoms with Crippen LogP contribution >= 0.6 is 12.4 Å². The van der Waals surface area contributed by atoms with E-state index in [-0.39, 0.29) is 64.5 Å². The van der Waals surface area contributed by atoms with Gasteiger partial charge in [-0.3, -0.25) is 0 Å². The van der Waals surface area contributed by atoms with E-state index in [1.165, 1.54) is 30.4 Å². The van der Waals surface area contributed by atoms with E-state index >= 15 is 0 Å². The molecule has 0 unspecified atom stereocenters. The van der Waals surface area contributed by atoms with Gasteiger partial charge in [-0.1, -0.05) is 13.0 Å². The molecule has 4 heteroatoms. The van der Waals surface area contributed by atoms with Crippen LogP contribution < -0.4 is 0 Å². The van der Waals surface area contributed by atoms with Gasteiger partial charge < -0.3 is 13.1 Å². The molecule has 2 saturated carbocycles. The average Bonchev–Trinajstić information content (AvgIpc) is 2.74. The molecule has 2 nitrogen and oxygen atoms in total. The van der Waals surface area contributed by atoms with Gasteiger partial charge in [0, 0.05) is 0 Å². The van der Waals surface area contributed by atoms with Crippen molar-refractivity contribution >= 4 is 50.1 Å². The number of rotatable bonds is 0. The van der Waals surface area contributed by atoms with Crippen molar-refractivity contribution in [3.8, 4) is 5.75 Å². The summed E-state index contributed by atoms with van der Waals surface area (Å²) in [6, 6.07) is 5.96. The number of hydrogen-bond acceptors (Lipinski definition) is 2. The van der Waals surface area contributed by atoms with E-state index in [2.05, 4.69) is 13.0 Å². The average molecular weight is 351 g/mol. The Morgan fingerprint density at radius 3 is 2.73 bits per heavy atom. The molecule has 0 bridgehead atoms. The summed E-state index contributed by atoms with van der Waals surface area (Å²) >= 11 is 0. The summed E-state index contributed by atoms with van der Waals surface area (Å²) in [6.45, 7) is 2.32. The van der Waals surface area contributed by atoms with E-state index < -0.39 is 0 Å². The number of benzene rings is 1. The number of hydrogen-bond donors (Lipinski definition) is 2. The quantitative estimate of drug-likeness (QED) is 0.697. The van der Waals surface area contributed by atoms with Crippen molar-refractivity contribution in [2.45, 2.75) is 57.5 Å². The molecule has 3 aliphatic carbocycles. The van der Waals surface area contributed by atoms with Crippen molar-refractivity contribution in [1.82, 2.24) is 0 Å². The summed E-state index contributed by atoms with van der Waals surface area (Å²) in [7, 11) is 0. The number of phenols is 1. The maximum Gasteiger partial charge on any atom is 2.00 e. The van der Waals surface area contributed by atoms with Crippen molar-refractivity contribution in [2.75, 3.05) is 0 Å². The molecule has 0 heterocycles. The van der Waals surface area contributed by atoms with Gasteiger partial charge in [-0.05, 0) is 85.0 Å². The smallest absolute Gasteiger partial charge is 1.00 e. The first kappa shape index (κ1) is 18.9. The number of halogens is 1. The standard InChI is InChI=1S/C18H24O2.Ca.ClH.2H/c1-18-9-8-14-13-5-3-12(19)10-11(13)2-4-15(14)16(18)6-7-17(18)20;;;;/h3,5,10,14-17,19-20H,2,4,6-9H2,1H3;;1H;;/q;+2;;2*-1/t14-,15-,16+,17+,18+;;;;/m1..../s1. The van der Waals surface area contributed by atoms with E-state index in [0.29, 0.717) is 17.6 Å². The van der Waals surface area contributed by atoms with Crippen molar-refractivity contribution in [3.05, 3.63) is 29.3 Å². The van der Waals surface area contributed by atoms with E-state index in [1.54, 1.807) is 0 Å². The number of phenolic OH excluding ortho intramolecular Hbond substituents is 1. The second-order valence-electron chi connectivity index (χ2n) is 7.44. The van der Waals surface area contributed by atoms with Crippen LogP contribution in [0.15, 0.2) is 18.2 Å². The Morgan fingerprint density at radius 1 is 1.18 bits per heavy atom. The molecule has 22 heavy (non-hydrogen) atoms. The van der Waals surface area contributed by atoms with Gasteiger partial charge in [-0.2, -0.15) is 0 Å². The Balaban J connectivity index is 0.00000132. The van der Waals surface area contributed by atoms with Crippen LogP contribution in [-0.4, -0.2) is 54.1 Å². The molecule has 2 fully saturated rings. The first-order valence-electron chi connectivity index (χ1n) is 8.09. The topological polar surface area (TPSA) is 40.5 Å². The molecule has 0 radical (unpaired) electrons. The minimum absolute atomic E-state index is 0. The molecule has 2 N–H and O–H groups in total. The molecule has 120 valence electrons. The molecule has 3 aliphatic rings. The Morgan fingerprint density at radius 2 is 1.95 bits per heavy atom. The summed E-state index contributed by atoms with van der Waals surface area (Å²) in [5.74, 6) is 2.49. The van der Waals surface area contributed by atoms with Crippen LogP contribution in [0, 0.1) is 17.3 Å². The van der Waals surface area contributed by atoms with Crippen molar-refractivity contribution in [2.24, 2.45) is 17.3 Å². The SMILES string of the molecule is C[C@]12CC[C@@H]3c4ccc(O)cc4CC[C@H]3[C@@H]1CC[C@@H]2O.Cl.[Ca+2].[H-].[H-]. The maximum absolute atomic E-state index is 10.4. The van der Waals surface area contributed by atoms with Crippen molar-refractivity contribution in [3.63, 3.8) is 0 Å². The second-order valence-corrected chi connectivity index (χ2v) is 7.44. The van der Waals surface area contributed by atoms with Crippen LogP contribution in [0.2, 0.25) is 0 Å². The maximum atomic E-state index is 10.4. The molecule has 0 amide bonds.